The van der Waals surface area contributed by atoms with E-state index in [9.17, 15) is 14.4 Å². The highest BCUT2D eigenvalue weighted by Gasteiger charge is 2.54. The van der Waals surface area contributed by atoms with E-state index in [0.717, 1.165) is 37.0 Å². The molecule has 0 aromatic heterocycles. The van der Waals surface area contributed by atoms with Crippen molar-refractivity contribution in [2.24, 2.45) is 28.6 Å². The lowest BCUT2D eigenvalue weighted by molar-refractivity contribution is -0.906. The van der Waals surface area contributed by atoms with Gasteiger partial charge in [0.15, 0.2) is 0 Å². The zero-order chi connectivity index (χ0) is 36.9. The molecule has 48 heavy (non-hydrogen) atoms. The number of rotatable bonds is 12. The predicted molar refractivity (Wildman–Crippen MR) is 197 cm³/mol. The highest BCUT2D eigenvalue weighted by molar-refractivity contribution is 5.87. The molecule has 3 aliphatic carbocycles. The predicted octanol–water partition coefficient (Wildman–Crippen LogP) is 8.96. The molecule has 0 aromatic rings. The number of hydrogen-bond acceptors (Lipinski definition) is 6. The Morgan fingerprint density at radius 3 is 1.92 bits per heavy atom. The Morgan fingerprint density at radius 2 is 1.44 bits per heavy atom. The number of nitrogens with zero attached hydrogens (tertiary/aromatic N) is 1. The van der Waals surface area contributed by atoms with E-state index < -0.39 is 0 Å². The van der Waals surface area contributed by atoms with Gasteiger partial charge in [-0.15, -0.1) is 0 Å². The largest absolute Gasteiger partial charge is 0.463 e. The van der Waals surface area contributed by atoms with E-state index >= 15 is 0 Å². The van der Waals surface area contributed by atoms with Gasteiger partial charge in [0.1, 0.15) is 13.2 Å². The Balaban J connectivity index is 0.000000439. The average molecular weight is 671 g/mol. The summed E-state index contributed by atoms with van der Waals surface area (Å²) in [6.45, 7) is 35.6. The summed E-state index contributed by atoms with van der Waals surface area (Å²) < 4.78 is 16.2. The van der Waals surface area contributed by atoms with Gasteiger partial charge in [-0.3, -0.25) is 0 Å². The zero-order valence-electron chi connectivity index (χ0n) is 32.4. The SMILES string of the molecule is C=C(C)C(=O)OCC.C=C(C)C(=O)OCC[N+](C)(CC)CC.C=C(C)C(=O)OC[C@@]1(C)CCC[C@@]2(C)C1CC=C1C=C(C(C)C)CC[C@H]12. The average Bonchev–Trinajstić information content (AvgIpc) is 3.03. The molecule has 272 valence electrons. The van der Waals surface area contributed by atoms with Crippen LogP contribution in [0.4, 0.5) is 0 Å². The minimum Gasteiger partial charge on any atom is -0.463 e. The second-order valence-electron chi connectivity index (χ2n) is 15.2. The molecule has 0 radical (unpaired) electrons. The number of fused-ring (bicyclic) bond motifs is 3. The molecule has 7 heteroatoms. The summed E-state index contributed by atoms with van der Waals surface area (Å²) in [5, 5.41) is 0. The third kappa shape index (κ3) is 12.2. The first-order valence-corrected chi connectivity index (χ1v) is 18.0. The number of carbonyl (C=O) groups excluding carboxylic acids is 3. The van der Waals surface area contributed by atoms with Gasteiger partial charge >= 0.3 is 17.9 Å². The van der Waals surface area contributed by atoms with Gasteiger partial charge in [-0.05, 0) is 102 Å². The molecule has 0 aromatic carbocycles. The van der Waals surface area contributed by atoms with Crippen LogP contribution in [0.5, 0.6) is 0 Å². The molecule has 1 saturated carbocycles. The van der Waals surface area contributed by atoms with E-state index in [1.54, 1.807) is 38.8 Å². The molecule has 0 aliphatic heterocycles. The summed E-state index contributed by atoms with van der Waals surface area (Å²) in [5.41, 5.74) is 5.01. The normalized spacial score (nSPS) is 24.4. The maximum atomic E-state index is 12.0. The number of esters is 3. The molecule has 0 amide bonds. The van der Waals surface area contributed by atoms with Crippen molar-refractivity contribution < 1.29 is 33.1 Å². The summed E-state index contributed by atoms with van der Waals surface area (Å²) in [6.07, 6.45) is 12.3. The standard InChI is InChI=1S/C24H36O2.C11H22NO2.C6H10O2/c1-16(2)18-8-10-20-19(14-18)9-11-21-23(5,12-7-13-24(20,21)6)15-26-22(25)17(3)4;1-6-12(5,7-2)8-9-14-11(13)10(3)4;1-4-8-6(7)5(2)3/h9,14,16,20-21H,3,7-8,10-13,15H2,1-2,4-6H3;3,6-9H2,1-2,4-5H3;2,4H2,1,3H3/q;+1;/t20-,21?,23-,24-;;/m1../s1. The highest BCUT2D eigenvalue weighted by Crippen LogP contribution is 2.62. The Morgan fingerprint density at radius 1 is 0.896 bits per heavy atom. The first-order valence-electron chi connectivity index (χ1n) is 18.0. The van der Waals surface area contributed by atoms with Crippen molar-refractivity contribution >= 4 is 17.9 Å². The fraction of sp³-hybridized carbons (Fsp3) is 0.683. The number of ether oxygens (including phenoxy) is 3. The molecule has 3 rings (SSSR count). The second kappa shape index (κ2) is 19.3. The van der Waals surface area contributed by atoms with Crippen LogP contribution in [-0.2, 0) is 28.6 Å². The Labute approximate surface area is 293 Å². The van der Waals surface area contributed by atoms with E-state index in [2.05, 4.69) is 85.2 Å². The van der Waals surface area contributed by atoms with Crippen LogP contribution in [0.25, 0.3) is 0 Å². The highest BCUT2D eigenvalue weighted by atomic mass is 16.5. The number of carbonyl (C=O) groups is 3. The van der Waals surface area contributed by atoms with E-state index in [1.807, 2.05) is 0 Å². The number of likely N-dealkylation sites (N-methyl/N-ethyl adjacent to an activating group) is 1. The lowest BCUT2D eigenvalue weighted by Crippen LogP contribution is -2.51. The van der Waals surface area contributed by atoms with Crippen molar-refractivity contribution in [2.45, 2.75) is 108 Å². The molecule has 0 saturated heterocycles. The van der Waals surface area contributed by atoms with Crippen molar-refractivity contribution in [1.82, 2.24) is 0 Å². The van der Waals surface area contributed by atoms with Crippen molar-refractivity contribution in [1.29, 1.82) is 0 Å². The third-order valence-corrected chi connectivity index (χ3v) is 10.9. The molecule has 1 fully saturated rings. The van der Waals surface area contributed by atoms with Gasteiger partial charge in [0.25, 0.3) is 0 Å². The van der Waals surface area contributed by atoms with Crippen LogP contribution in [0.2, 0.25) is 0 Å². The van der Waals surface area contributed by atoms with Crippen molar-refractivity contribution in [3.8, 4) is 0 Å². The lowest BCUT2D eigenvalue weighted by Gasteiger charge is -2.58. The van der Waals surface area contributed by atoms with Crippen LogP contribution in [0, 0.1) is 28.6 Å². The van der Waals surface area contributed by atoms with Crippen LogP contribution in [0.3, 0.4) is 0 Å². The van der Waals surface area contributed by atoms with Crippen molar-refractivity contribution in [2.75, 3.05) is 46.5 Å². The van der Waals surface area contributed by atoms with Gasteiger partial charge in [-0.1, -0.05) is 71.6 Å². The minimum atomic E-state index is -0.312. The molecule has 0 bridgehead atoms. The molecule has 0 spiro atoms. The summed E-state index contributed by atoms with van der Waals surface area (Å²) in [7, 11) is 2.16. The zero-order valence-corrected chi connectivity index (χ0v) is 32.4. The molecule has 3 aliphatic rings. The summed E-state index contributed by atoms with van der Waals surface area (Å²) in [5.74, 6) is 1.06. The van der Waals surface area contributed by atoms with Crippen LogP contribution in [-0.4, -0.2) is 68.9 Å². The van der Waals surface area contributed by atoms with E-state index in [4.69, 9.17) is 9.47 Å². The Kier molecular flexibility index (Phi) is 17.3. The van der Waals surface area contributed by atoms with E-state index in [0.29, 0.717) is 59.7 Å². The van der Waals surface area contributed by atoms with Crippen molar-refractivity contribution in [3.63, 3.8) is 0 Å². The first kappa shape index (κ1) is 43.1. The molecular formula is C41H68NO6+. The number of quaternary nitrogens is 1. The minimum absolute atomic E-state index is 0.0716. The maximum absolute atomic E-state index is 12.0. The van der Waals surface area contributed by atoms with Crippen molar-refractivity contribution in [3.05, 3.63) is 59.8 Å². The molecule has 4 atom stereocenters. The van der Waals surface area contributed by atoms with Crippen LogP contribution < -0.4 is 0 Å². The Bertz CT molecular complexity index is 1220. The quantitative estimate of drug-likeness (QED) is 0.0893. The van der Waals surface area contributed by atoms with Crippen LogP contribution in [0.1, 0.15) is 108 Å². The fourth-order valence-corrected chi connectivity index (χ4v) is 7.28. The topological polar surface area (TPSA) is 78.9 Å². The monoisotopic (exact) mass is 671 g/mol. The third-order valence-electron chi connectivity index (χ3n) is 10.9. The van der Waals surface area contributed by atoms with Gasteiger partial charge in [0.2, 0.25) is 0 Å². The van der Waals surface area contributed by atoms with Crippen LogP contribution in [0.15, 0.2) is 59.8 Å². The summed E-state index contributed by atoms with van der Waals surface area (Å²) in [4.78, 5) is 33.5. The smallest absolute Gasteiger partial charge is 0.333 e. The lowest BCUT2D eigenvalue weighted by atomic mass is 9.47. The van der Waals surface area contributed by atoms with Gasteiger partial charge in [-0.2, -0.15) is 0 Å². The number of allylic oxidation sites excluding steroid dienone is 4. The Hall–Kier alpha value is -2.93. The molecule has 1 unspecified atom stereocenters. The van der Waals surface area contributed by atoms with Gasteiger partial charge < -0.3 is 18.7 Å². The van der Waals surface area contributed by atoms with Gasteiger partial charge in [-0.25, -0.2) is 14.4 Å². The fourth-order valence-electron chi connectivity index (χ4n) is 7.28. The van der Waals surface area contributed by atoms with Crippen LogP contribution >= 0.6 is 0 Å². The summed E-state index contributed by atoms with van der Waals surface area (Å²) >= 11 is 0. The molecule has 0 N–H and O–H groups in total. The molecular weight excluding hydrogens is 602 g/mol. The molecule has 0 heterocycles. The first-order chi connectivity index (χ1) is 22.3. The van der Waals surface area contributed by atoms with E-state index in [-0.39, 0.29) is 23.3 Å². The molecule has 7 nitrogen and oxygen atoms in total. The number of hydrogen-bond donors (Lipinski definition) is 0. The second-order valence-corrected chi connectivity index (χ2v) is 15.2. The van der Waals surface area contributed by atoms with Gasteiger partial charge in [0.05, 0.1) is 33.4 Å². The van der Waals surface area contributed by atoms with E-state index in [1.165, 1.54) is 25.7 Å². The van der Waals surface area contributed by atoms with Gasteiger partial charge in [0, 0.05) is 22.1 Å². The maximum Gasteiger partial charge on any atom is 0.333 e. The summed E-state index contributed by atoms with van der Waals surface area (Å²) in [6, 6.07) is 0.